The van der Waals surface area contributed by atoms with Crippen LogP contribution in [0.2, 0.25) is 0 Å². The van der Waals surface area contributed by atoms with E-state index in [-0.39, 0.29) is 4.90 Å². The number of rotatable bonds is 7. The summed E-state index contributed by atoms with van der Waals surface area (Å²) in [5.74, 6) is 0.492. The Morgan fingerprint density at radius 1 is 1.08 bits per heavy atom. The Bertz CT molecular complexity index is 1490. The first-order valence-corrected chi connectivity index (χ1v) is 14.6. The van der Waals surface area contributed by atoms with E-state index in [1.54, 1.807) is 24.4 Å². The quantitative estimate of drug-likeness (QED) is 0.342. The van der Waals surface area contributed by atoms with Gasteiger partial charge in [0.15, 0.2) is 0 Å². The summed E-state index contributed by atoms with van der Waals surface area (Å²) in [6.45, 7) is 9.87. The van der Waals surface area contributed by atoms with E-state index in [1.807, 2.05) is 44.4 Å². The molecule has 3 heterocycles. The number of hydrogen-bond acceptors (Lipinski definition) is 8. The second-order valence-electron chi connectivity index (χ2n) is 10.1. The fourth-order valence-corrected chi connectivity index (χ4v) is 6.56. The Morgan fingerprint density at radius 2 is 1.84 bits per heavy atom. The van der Waals surface area contributed by atoms with Crippen molar-refractivity contribution in [1.82, 2.24) is 19.6 Å². The highest BCUT2D eigenvalue weighted by Gasteiger charge is 2.22. The number of ether oxygens (including phenoxy) is 1. The molecule has 5 rings (SSSR count). The Hall–Kier alpha value is -2.89. The lowest BCUT2D eigenvalue weighted by molar-refractivity contribution is 0.0342. The van der Waals surface area contributed by atoms with E-state index in [9.17, 15) is 8.42 Å². The molecule has 37 heavy (non-hydrogen) atoms. The van der Waals surface area contributed by atoms with Crippen LogP contribution in [0.15, 0.2) is 65.0 Å². The molecule has 0 atom stereocenters. The Morgan fingerprint density at radius 3 is 2.57 bits per heavy atom. The normalized spacial score (nSPS) is 15.2. The van der Waals surface area contributed by atoms with Crippen LogP contribution in [0.5, 0.6) is 0 Å². The van der Waals surface area contributed by atoms with Crippen LogP contribution in [0.4, 0.5) is 11.6 Å². The van der Waals surface area contributed by atoms with Crippen molar-refractivity contribution >= 4 is 43.2 Å². The first kappa shape index (κ1) is 25.7. The van der Waals surface area contributed by atoms with Crippen molar-refractivity contribution in [3.63, 3.8) is 0 Å². The number of aromatic nitrogens is 2. The van der Waals surface area contributed by atoms with Crippen molar-refractivity contribution in [2.75, 3.05) is 31.6 Å². The molecule has 10 heteroatoms. The van der Waals surface area contributed by atoms with Crippen molar-refractivity contribution in [3.05, 3.63) is 65.7 Å². The van der Waals surface area contributed by atoms with Crippen LogP contribution in [0.25, 0.3) is 21.3 Å². The first-order valence-electron chi connectivity index (χ1n) is 12.2. The van der Waals surface area contributed by atoms with Gasteiger partial charge in [-0.2, -0.15) is 0 Å². The largest absolute Gasteiger partial charge is 0.379 e. The van der Waals surface area contributed by atoms with Gasteiger partial charge < -0.3 is 10.1 Å². The minimum atomic E-state index is -3.65. The van der Waals surface area contributed by atoms with E-state index < -0.39 is 15.6 Å². The molecule has 0 unspecified atom stereocenters. The average molecular weight is 538 g/mol. The van der Waals surface area contributed by atoms with E-state index in [0.717, 1.165) is 59.9 Å². The van der Waals surface area contributed by atoms with E-state index >= 15 is 0 Å². The fraction of sp³-hybridized carbons (Fsp3) is 0.333. The maximum absolute atomic E-state index is 12.9. The molecule has 4 aromatic rings. The number of anilines is 2. The maximum Gasteiger partial charge on any atom is 0.241 e. The third-order valence-corrected chi connectivity index (χ3v) is 8.59. The molecule has 0 bridgehead atoms. The molecule has 0 radical (unpaired) electrons. The standard InChI is InChI=1S/C27H31N5O3S2/c1-27(2,3)31-37(33,34)22-6-4-5-20(15-22)23-18-36-24-16-28-26(30-25(23)24)29-21-9-7-19(8-10-21)17-32-11-13-35-14-12-32/h4-10,15-16,18,31H,11-14,17H2,1-3H3,(H,28,29,30). The zero-order valence-electron chi connectivity index (χ0n) is 21.2. The highest BCUT2D eigenvalue weighted by atomic mass is 32.2. The smallest absolute Gasteiger partial charge is 0.241 e. The first-order chi connectivity index (χ1) is 17.7. The number of nitrogens with one attached hydrogen (secondary N) is 2. The topological polar surface area (TPSA) is 96.5 Å². The molecule has 194 valence electrons. The molecule has 0 spiro atoms. The van der Waals surface area contributed by atoms with Crippen molar-refractivity contribution in [2.45, 2.75) is 37.8 Å². The molecule has 1 aliphatic rings. The molecule has 1 saturated heterocycles. The third kappa shape index (κ3) is 6.34. The molecule has 2 aromatic heterocycles. The number of sulfonamides is 1. The van der Waals surface area contributed by atoms with Gasteiger partial charge in [0.05, 0.1) is 34.5 Å². The van der Waals surface area contributed by atoms with Crippen molar-refractivity contribution in [3.8, 4) is 11.1 Å². The highest BCUT2D eigenvalue weighted by molar-refractivity contribution is 7.89. The minimum Gasteiger partial charge on any atom is -0.379 e. The summed E-state index contributed by atoms with van der Waals surface area (Å²) in [4.78, 5) is 11.9. The van der Waals surface area contributed by atoms with E-state index in [1.165, 1.54) is 16.9 Å². The maximum atomic E-state index is 12.9. The van der Waals surface area contributed by atoms with Gasteiger partial charge in [0.25, 0.3) is 0 Å². The molecule has 0 saturated carbocycles. The van der Waals surface area contributed by atoms with E-state index in [2.05, 4.69) is 32.1 Å². The van der Waals surface area contributed by atoms with Crippen LogP contribution >= 0.6 is 11.3 Å². The predicted molar refractivity (Wildman–Crippen MR) is 149 cm³/mol. The molecule has 1 fully saturated rings. The van der Waals surface area contributed by atoms with Crippen LogP contribution in [0, 0.1) is 0 Å². The van der Waals surface area contributed by atoms with E-state index in [4.69, 9.17) is 9.72 Å². The van der Waals surface area contributed by atoms with Gasteiger partial charge >= 0.3 is 0 Å². The van der Waals surface area contributed by atoms with Crippen LogP contribution in [-0.4, -0.2) is 55.1 Å². The van der Waals surface area contributed by atoms with Gasteiger partial charge in [-0.3, -0.25) is 4.90 Å². The molecular weight excluding hydrogens is 506 g/mol. The third-order valence-electron chi connectivity index (χ3n) is 5.93. The number of morpholine rings is 1. The summed E-state index contributed by atoms with van der Waals surface area (Å²) in [6, 6.07) is 15.3. The van der Waals surface area contributed by atoms with Gasteiger partial charge in [0, 0.05) is 41.8 Å². The molecular formula is C27H31N5O3S2. The monoisotopic (exact) mass is 537 g/mol. The van der Waals surface area contributed by atoms with Crippen LogP contribution in [0.3, 0.4) is 0 Å². The number of benzene rings is 2. The molecule has 0 amide bonds. The Balaban J connectivity index is 1.36. The average Bonchev–Trinajstić information content (AvgIpc) is 3.28. The molecule has 8 nitrogen and oxygen atoms in total. The van der Waals surface area contributed by atoms with Gasteiger partial charge in [0.1, 0.15) is 0 Å². The minimum absolute atomic E-state index is 0.226. The second-order valence-corrected chi connectivity index (χ2v) is 12.7. The summed E-state index contributed by atoms with van der Waals surface area (Å²) in [7, 11) is -3.65. The molecule has 0 aliphatic carbocycles. The van der Waals surface area contributed by atoms with Gasteiger partial charge in [0.2, 0.25) is 16.0 Å². The summed E-state index contributed by atoms with van der Waals surface area (Å²) >= 11 is 1.53. The second kappa shape index (κ2) is 10.5. The van der Waals surface area contributed by atoms with Crippen molar-refractivity contribution in [1.29, 1.82) is 0 Å². The highest BCUT2D eigenvalue weighted by Crippen LogP contribution is 2.34. The van der Waals surface area contributed by atoms with Gasteiger partial charge in [-0.25, -0.2) is 23.1 Å². The van der Waals surface area contributed by atoms with Crippen LogP contribution in [0.1, 0.15) is 26.3 Å². The number of nitrogens with zero attached hydrogens (tertiary/aromatic N) is 3. The lowest BCUT2D eigenvalue weighted by atomic mass is 10.1. The van der Waals surface area contributed by atoms with Crippen molar-refractivity contribution < 1.29 is 13.2 Å². The Kier molecular flexibility index (Phi) is 7.28. The SMILES string of the molecule is CC(C)(C)NS(=O)(=O)c1cccc(-c2csc3cnc(Nc4ccc(CN5CCOCC5)cc4)nc23)c1. The Labute approximate surface area is 221 Å². The van der Waals surface area contributed by atoms with Gasteiger partial charge in [-0.15, -0.1) is 11.3 Å². The number of thiophene rings is 1. The summed E-state index contributed by atoms with van der Waals surface area (Å²) in [5.41, 5.74) is 4.03. The molecule has 2 aromatic carbocycles. The molecule has 2 N–H and O–H groups in total. The zero-order chi connectivity index (χ0) is 26.0. The van der Waals surface area contributed by atoms with Gasteiger partial charge in [-0.05, 0) is 56.2 Å². The lowest BCUT2D eigenvalue weighted by Gasteiger charge is -2.26. The zero-order valence-corrected chi connectivity index (χ0v) is 22.8. The summed E-state index contributed by atoms with van der Waals surface area (Å²) < 4.78 is 34.8. The summed E-state index contributed by atoms with van der Waals surface area (Å²) in [5, 5.41) is 5.29. The fourth-order valence-electron chi connectivity index (χ4n) is 4.23. The van der Waals surface area contributed by atoms with Gasteiger partial charge in [-0.1, -0.05) is 24.3 Å². The summed E-state index contributed by atoms with van der Waals surface area (Å²) in [6.07, 6.45) is 1.80. The van der Waals surface area contributed by atoms with Crippen molar-refractivity contribution in [2.24, 2.45) is 0 Å². The lowest BCUT2D eigenvalue weighted by Crippen LogP contribution is -2.40. The van der Waals surface area contributed by atoms with Crippen LogP contribution in [-0.2, 0) is 21.3 Å². The molecule has 1 aliphatic heterocycles. The predicted octanol–water partition coefficient (Wildman–Crippen LogP) is 5.01. The van der Waals surface area contributed by atoms with E-state index in [0.29, 0.717) is 5.95 Å². The number of hydrogen-bond donors (Lipinski definition) is 2. The number of fused-ring (bicyclic) bond motifs is 1. The van der Waals surface area contributed by atoms with Crippen LogP contribution < -0.4 is 10.0 Å².